The molecule has 0 unspecified atom stereocenters. The van der Waals surface area contributed by atoms with E-state index in [1.165, 1.54) is 16.2 Å². The minimum atomic E-state index is -0.382. The number of nitrogens with zero attached hydrogens (tertiary/aromatic N) is 2. The second-order valence-electron chi connectivity index (χ2n) is 9.32. The number of likely N-dealkylation sites (N-methyl/N-ethyl adjacent to an activating group) is 1. The van der Waals surface area contributed by atoms with Gasteiger partial charge in [-0.15, -0.1) is 0 Å². The molecule has 2 aromatic rings. The van der Waals surface area contributed by atoms with E-state index in [9.17, 15) is 9.59 Å². The lowest BCUT2D eigenvalue weighted by Crippen LogP contribution is -2.44. The van der Waals surface area contributed by atoms with E-state index in [1.54, 1.807) is 6.08 Å². The van der Waals surface area contributed by atoms with E-state index in [2.05, 4.69) is 56.1 Å². The fraction of sp³-hybridized carbons (Fsp3) is 0.333. The van der Waals surface area contributed by atoms with E-state index in [0.717, 1.165) is 34.4 Å². The maximum atomic E-state index is 13.0. The Morgan fingerprint density at radius 1 is 1.03 bits per heavy atom. The van der Waals surface area contributed by atoms with Gasteiger partial charge in [0, 0.05) is 17.8 Å². The monoisotopic (exact) mass is 429 g/mol. The van der Waals surface area contributed by atoms with Crippen molar-refractivity contribution in [1.82, 2.24) is 10.2 Å². The highest BCUT2D eigenvalue weighted by Gasteiger charge is 2.34. The molecule has 0 aliphatic carbocycles. The Hall–Kier alpha value is -3.34. The molecule has 1 saturated heterocycles. The highest BCUT2D eigenvalue weighted by Crippen LogP contribution is 2.40. The first-order valence-electron chi connectivity index (χ1n) is 11.1. The molecule has 2 heterocycles. The summed E-state index contributed by atoms with van der Waals surface area (Å²) in [6.45, 7) is 14.0. The van der Waals surface area contributed by atoms with Crippen molar-refractivity contribution in [2.45, 2.75) is 53.6 Å². The summed E-state index contributed by atoms with van der Waals surface area (Å²) in [5, 5.41) is 2.76. The van der Waals surface area contributed by atoms with Crippen LogP contribution in [0.4, 0.5) is 10.5 Å². The van der Waals surface area contributed by atoms with Crippen LogP contribution < -0.4 is 10.2 Å². The number of anilines is 1. The minimum absolute atomic E-state index is 0.0515. The van der Waals surface area contributed by atoms with Gasteiger partial charge in [0.25, 0.3) is 5.91 Å². The van der Waals surface area contributed by atoms with Gasteiger partial charge >= 0.3 is 6.03 Å². The summed E-state index contributed by atoms with van der Waals surface area (Å²) in [4.78, 5) is 29.2. The number of rotatable bonds is 4. The van der Waals surface area contributed by atoms with Crippen LogP contribution in [0.2, 0.25) is 0 Å². The Morgan fingerprint density at radius 2 is 1.72 bits per heavy atom. The number of allylic oxidation sites excluding steroid dienone is 1. The van der Waals surface area contributed by atoms with Crippen molar-refractivity contribution >= 4 is 29.3 Å². The van der Waals surface area contributed by atoms with E-state index in [0.29, 0.717) is 5.70 Å². The molecule has 166 valence electrons. The number of benzene rings is 2. The first-order valence-corrected chi connectivity index (χ1v) is 11.1. The van der Waals surface area contributed by atoms with Crippen LogP contribution >= 0.6 is 0 Å². The predicted octanol–water partition coefficient (Wildman–Crippen LogP) is 5.42. The summed E-state index contributed by atoms with van der Waals surface area (Å²) in [5.74, 6) is -0.295. The molecule has 5 heteroatoms. The zero-order valence-corrected chi connectivity index (χ0v) is 19.7. The summed E-state index contributed by atoms with van der Waals surface area (Å²) < 4.78 is 0. The lowest BCUT2D eigenvalue weighted by Gasteiger charge is -2.43. The van der Waals surface area contributed by atoms with Crippen LogP contribution in [-0.2, 0) is 11.3 Å². The number of urea groups is 1. The maximum Gasteiger partial charge on any atom is 0.329 e. The van der Waals surface area contributed by atoms with Gasteiger partial charge in [-0.2, -0.15) is 0 Å². The Kier molecular flexibility index (Phi) is 5.45. The van der Waals surface area contributed by atoms with Crippen LogP contribution in [0.1, 0.15) is 55.5 Å². The number of amides is 3. The lowest BCUT2D eigenvalue weighted by molar-refractivity contribution is -0.123. The van der Waals surface area contributed by atoms with Crippen molar-refractivity contribution < 1.29 is 9.59 Å². The number of imide groups is 1. The molecule has 2 aliphatic rings. The van der Waals surface area contributed by atoms with Crippen LogP contribution in [0.3, 0.4) is 0 Å². The van der Waals surface area contributed by atoms with Gasteiger partial charge in [0.1, 0.15) is 5.70 Å². The number of hydrogen-bond acceptors (Lipinski definition) is 3. The molecule has 2 aromatic carbocycles. The Bertz CT molecular complexity index is 1160. The van der Waals surface area contributed by atoms with Crippen molar-refractivity contribution in [2.24, 2.45) is 0 Å². The van der Waals surface area contributed by atoms with Crippen molar-refractivity contribution in [3.8, 4) is 0 Å². The number of nitrogens with one attached hydrogen (secondary N) is 1. The highest BCUT2D eigenvalue weighted by molar-refractivity contribution is 6.14. The van der Waals surface area contributed by atoms with Crippen LogP contribution in [0.5, 0.6) is 0 Å². The molecule has 2 aliphatic heterocycles. The SMILES string of the molecule is CCN1c2cc(C)c(/C=C3\NC(=O)N(Cc4ccc(C)cc4)C3=O)cc2C(C)=CC1(C)C. The Balaban J connectivity index is 1.66. The molecule has 5 nitrogen and oxygen atoms in total. The molecule has 0 spiro atoms. The first-order chi connectivity index (χ1) is 15.1. The standard InChI is InChI=1S/C27H31N3O2/c1-7-30-24-12-18(3)21(13-22(24)19(4)15-27(30,5)6)14-23-25(31)29(26(32)28-23)16-20-10-8-17(2)9-11-20/h8-15H,7,16H2,1-6H3,(H,28,32)/b23-14-. The van der Waals surface area contributed by atoms with Gasteiger partial charge in [0.15, 0.2) is 0 Å². The van der Waals surface area contributed by atoms with E-state index in [4.69, 9.17) is 0 Å². The van der Waals surface area contributed by atoms with Crippen molar-refractivity contribution in [2.75, 3.05) is 11.4 Å². The van der Waals surface area contributed by atoms with Crippen molar-refractivity contribution in [1.29, 1.82) is 0 Å². The van der Waals surface area contributed by atoms with Gasteiger partial charge in [0.05, 0.1) is 12.1 Å². The smallest absolute Gasteiger partial charge is 0.329 e. The zero-order chi connectivity index (χ0) is 23.2. The molecular formula is C27H31N3O2. The third-order valence-corrected chi connectivity index (χ3v) is 6.41. The predicted molar refractivity (Wildman–Crippen MR) is 130 cm³/mol. The van der Waals surface area contributed by atoms with Gasteiger partial charge in [-0.25, -0.2) is 4.79 Å². The molecule has 3 amide bonds. The number of carbonyl (C=O) groups is 2. The fourth-order valence-electron chi connectivity index (χ4n) is 4.72. The molecular weight excluding hydrogens is 398 g/mol. The molecule has 0 saturated carbocycles. The van der Waals surface area contributed by atoms with Crippen molar-refractivity contribution in [3.63, 3.8) is 0 Å². The number of carbonyl (C=O) groups excluding carboxylic acids is 2. The van der Waals surface area contributed by atoms with Gasteiger partial charge in [-0.05, 0) is 82.0 Å². The van der Waals surface area contributed by atoms with Gasteiger partial charge in [0.2, 0.25) is 0 Å². The van der Waals surface area contributed by atoms with E-state index < -0.39 is 0 Å². The zero-order valence-electron chi connectivity index (χ0n) is 19.7. The summed E-state index contributed by atoms with van der Waals surface area (Å²) in [6.07, 6.45) is 4.09. The first kappa shape index (κ1) is 21.9. The van der Waals surface area contributed by atoms with Crippen LogP contribution in [0.15, 0.2) is 48.2 Å². The number of aryl methyl sites for hydroxylation is 2. The largest absolute Gasteiger partial charge is 0.363 e. The van der Waals surface area contributed by atoms with Crippen LogP contribution in [0, 0.1) is 13.8 Å². The van der Waals surface area contributed by atoms with E-state index in [-0.39, 0.29) is 24.0 Å². The Labute approximate surface area is 190 Å². The molecule has 1 N–H and O–H groups in total. The third-order valence-electron chi connectivity index (χ3n) is 6.41. The number of hydrogen-bond donors (Lipinski definition) is 1. The van der Waals surface area contributed by atoms with Crippen molar-refractivity contribution in [3.05, 3.63) is 76.0 Å². The van der Waals surface area contributed by atoms with E-state index in [1.807, 2.05) is 38.1 Å². The molecule has 0 atom stereocenters. The molecule has 0 bridgehead atoms. The minimum Gasteiger partial charge on any atom is -0.363 e. The maximum absolute atomic E-state index is 13.0. The second kappa shape index (κ2) is 7.97. The average Bonchev–Trinajstić information content (AvgIpc) is 2.98. The molecule has 32 heavy (non-hydrogen) atoms. The quantitative estimate of drug-likeness (QED) is 0.522. The third kappa shape index (κ3) is 3.83. The fourth-order valence-corrected chi connectivity index (χ4v) is 4.72. The second-order valence-corrected chi connectivity index (χ2v) is 9.32. The summed E-state index contributed by atoms with van der Waals surface area (Å²) in [5.41, 5.74) is 7.93. The summed E-state index contributed by atoms with van der Waals surface area (Å²) >= 11 is 0. The van der Waals surface area contributed by atoms with Crippen LogP contribution in [0.25, 0.3) is 11.6 Å². The van der Waals surface area contributed by atoms with E-state index >= 15 is 0 Å². The highest BCUT2D eigenvalue weighted by atomic mass is 16.2. The van der Waals surface area contributed by atoms with Gasteiger partial charge < -0.3 is 10.2 Å². The van der Waals surface area contributed by atoms with Gasteiger partial charge in [-0.3, -0.25) is 9.69 Å². The lowest BCUT2D eigenvalue weighted by atomic mass is 9.87. The molecule has 0 radical (unpaired) electrons. The number of fused-ring (bicyclic) bond motifs is 1. The average molecular weight is 430 g/mol. The molecule has 4 rings (SSSR count). The Morgan fingerprint density at radius 3 is 2.38 bits per heavy atom. The topological polar surface area (TPSA) is 52.7 Å². The molecule has 1 fully saturated rings. The van der Waals surface area contributed by atoms with Crippen LogP contribution in [-0.4, -0.2) is 28.9 Å². The summed E-state index contributed by atoms with van der Waals surface area (Å²) in [7, 11) is 0. The summed E-state index contributed by atoms with van der Waals surface area (Å²) in [6, 6.07) is 11.8. The normalized spacial score (nSPS) is 18.7. The molecule has 0 aromatic heterocycles. The van der Waals surface area contributed by atoms with Gasteiger partial charge in [-0.1, -0.05) is 35.9 Å².